The van der Waals surface area contributed by atoms with Crippen molar-refractivity contribution in [1.82, 2.24) is 15.3 Å². The molecule has 4 N–H and O–H groups in total. The maximum atomic E-state index is 12.3. The van der Waals surface area contributed by atoms with Gasteiger partial charge in [-0.1, -0.05) is 26.0 Å². The van der Waals surface area contributed by atoms with Gasteiger partial charge in [0.2, 0.25) is 0 Å². The molecule has 1 aromatic carbocycles. The number of nitrogen functional groups attached to an aromatic ring is 1. The SMILES string of the molecule is CC(C)(CO)CNC(=O)c1nc(-c2ccc(C#N)cc2)cnc1N. The van der Waals surface area contributed by atoms with Gasteiger partial charge in [0.05, 0.1) is 23.5 Å². The molecule has 0 bridgehead atoms. The van der Waals surface area contributed by atoms with Crippen LogP contribution in [0, 0.1) is 16.7 Å². The molecule has 24 heavy (non-hydrogen) atoms. The minimum absolute atomic E-state index is 0.0330. The van der Waals surface area contributed by atoms with Crippen molar-refractivity contribution < 1.29 is 9.90 Å². The predicted octanol–water partition coefficient (Wildman–Crippen LogP) is 1.35. The summed E-state index contributed by atoms with van der Waals surface area (Å²) < 4.78 is 0. The van der Waals surface area contributed by atoms with Crippen molar-refractivity contribution in [3.05, 3.63) is 41.7 Å². The van der Waals surface area contributed by atoms with Gasteiger partial charge in [0.15, 0.2) is 11.5 Å². The first kappa shape index (κ1) is 17.4. The Morgan fingerprint density at radius 3 is 2.62 bits per heavy atom. The zero-order valence-electron chi connectivity index (χ0n) is 13.6. The number of rotatable bonds is 5. The van der Waals surface area contributed by atoms with Gasteiger partial charge in [0.1, 0.15) is 0 Å². The Labute approximate surface area is 140 Å². The van der Waals surface area contributed by atoms with Crippen molar-refractivity contribution in [3.8, 4) is 17.3 Å². The van der Waals surface area contributed by atoms with Crippen LogP contribution in [0.25, 0.3) is 11.3 Å². The first-order valence-electron chi connectivity index (χ1n) is 7.38. The van der Waals surface area contributed by atoms with Crippen LogP contribution in [-0.4, -0.2) is 34.1 Å². The molecule has 0 aliphatic rings. The number of aliphatic hydroxyl groups is 1. The van der Waals surface area contributed by atoms with Crippen LogP contribution in [0.2, 0.25) is 0 Å². The number of nitrogens with one attached hydrogen (secondary N) is 1. The fourth-order valence-electron chi connectivity index (χ4n) is 1.88. The van der Waals surface area contributed by atoms with Crippen LogP contribution in [0.5, 0.6) is 0 Å². The summed E-state index contributed by atoms with van der Waals surface area (Å²) in [4.78, 5) is 20.6. The van der Waals surface area contributed by atoms with Crippen LogP contribution in [0.15, 0.2) is 30.5 Å². The third-order valence-corrected chi connectivity index (χ3v) is 3.48. The Morgan fingerprint density at radius 2 is 2.04 bits per heavy atom. The number of nitriles is 1. The van der Waals surface area contributed by atoms with Crippen molar-refractivity contribution in [3.63, 3.8) is 0 Å². The molecular formula is C17H19N5O2. The highest BCUT2D eigenvalue weighted by atomic mass is 16.3. The second-order valence-corrected chi connectivity index (χ2v) is 6.18. The summed E-state index contributed by atoms with van der Waals surface area (Å²) in [5, 5.41) is 20.8. The number of carbonyl (C=O) groups excluding carboxylic acids is 1. The Balaban J connectivity index is 2.24. The van der Waals surface area contributed by atoms with Crippen LogP contribution < -0.4 is 11.1 Å². The molecule has 0 saturated heterocycles. The standard InChI is InChI=1S/C17H19N5O2/c1-17(2,10-23)9-21-16(24)14-15(19)20-8-13(22-14)12-5-3-11(7-18)4-6-12/h3-6,8,23H,9-10H2,1-2H3,(H2,19,20)(H,21,24). The highest BCUT2D eigenvalue weighted by Gasteiger charge is 2.20. The normalized spacial score (nSPS) is 10.9. The third-order valence-electron chi connectivity index (χ3n) is 3.48. The van der Waals surface area contributed by atoms with E-state index in [1.807, 2.05) is 19.9 Å². The molecule has 1 aromatic heterocycles. The maximum absolute atomic E-state index is 12.3. The van der Waals surface area contributed by atoms with Crippen molar-refractivity contribution >= 4 is 11.7 Å². The van der Waals surface area contributed by atoms with E-state index in [4.69, 9.17) is 11.0 Å². The van der Waals surface area contributed by atoms with Crippen LogP contribution in [0.1, 0.15) is 29.9 Å². The number of anilines is 1. The fourth-order valence-corrected chi connectivity index (χ4v) is 1.88. The van der Waals surface area contributed by atoms with Crippen LogP contribution >= 0.6 is 0 Å². The number of aliphatic hydroxyl groups excluding tert-OH is 1. The highest BCUT2D eigenvalue weighted by Crippen LogP contribution is 2.19. The summed E-state index contributed by atoms with van der Waals surface area (Å²) in [6.07, 6.45) is 1.48. The number of carbonyl (C=O) groups is 1. The first-order valence-corrected chi connectivity index (χ1v) is 7.38. The quantitative estimate of drug-likeness (QED) is 0.762. The minimum atomic E-state index is -0.447. The summed E-state index contributed by atoms with van der Waals surface area (Å²) >= 11 is 0. The second kappa shape index (κ2) is 7.06. The molecule has 1 heterocycles. The van der Waals surface area contributed by atoms with Crippen molar-refractivity contribution in [2.45, 2.75) is 13.8 Å². The second-order valence-electron chi connectivity index (χ2n) is 6.18. The molecule has 0 spiro atoms. The predicted molar refractivity (Wildman–Crippen MR) is 89.8 cm³/mol. The lowest BCUT2D eigenvalue weighted by Crippen LogP contribution is -2.36. The summed E-state index contributed by atoms with van der Waals surface area (Å²) in [5.74, 6) is -0.413. The van der Waals surface area contributed by atoms with E-state index >= 15 is 0 Å². The highest BCUT2D eigenvalue weighted by molar-refractivity contribution is 5.96. The molecule has 124 valence electrons. The van der Waals surface area contributed by atoms with E-state index in [0.717, 1.165) is 5.56 Å². The van der Waals surface area contributed by atoms with Gasteiger partial charge in [-0.2, -0.15) is 5.26 Å². The van der Waals surface area contributed by atoms with E-state index in [1.54, 1.807) is 24.3 Å². The van der Waals surface area contributed by atoms with Gasteiger partial charge >= 0.3 is 0 Å². The van der Waals surface area contributed by atoms with E-state index in [9.17, 15) is 9.90 Å². The monoisotopic (exact) mass is 325 g/mol. The number of nitrogens with two attached hydrogens (primary N) is 1. The molecule has 2 aromatic rings. The number of hydrogen-bond acceptors (Lipinski definition) is 6. The first-order chi connectivity index (χ1) is 11.4. The van der Waals surface area contributed by atoms with Gasteiger partial charge in [-0.25, -0.2) is 9.97 Å². The number of aromatic nitrogens is 2. The van der Waals surface area contributed by atoms with Gasteiger partial charge in [-0.3, -0.25) is 4.79 Å². The smallest absolute Gasteiger partial charge is 0.273 e. The van der Waals surface area contributed by atoms with E-state index in [1.165, 1.54) is 6.20 Å². The van der Waals surface area contributed by atoms with Crippen LogP contribution in [0.3, 0.4) is 0 Å². The number of nitrogens with zero attached hydrogens (tertiary/aromatic N) is 3. The van der Waals surface area contributed by atoms with Crippen LogP contribution in [-0.2, 0) is 0 Å². The van der Waals surface area contributed by atoms with E-state index < -0.39 is 11.3 Å². The summed E-state index contributed by atoms with van der Waals surface area (Å²) in [7, 11) is 0. The molecule has 0 saturated carbocycles. The molecular weight excluding hydrogens is 306 g/mol. The van der Waals surface area contributed by atoms with E-state index in [0.29, 0.717) is 11.3 Å². The Kier molecular flexibility index (Phi) is 5.11. The van der Waals surface area contributed by atoms with Gasteiger partial charge in [0, 0.05) is 24.1 Å². The number of hydrogen-bond donors (Lipinski definition) is 3. The number of benzene rings is 1. The van der Waals surface area contributed by atoms with E-state index in [2.05, 4.69) is 15.3 Å². The molecule has 0 atom stereocenters. The van der Waals surface area contributed by atoms with Gasteiger partial charge in [0.25, 0.3) is 5.91 Å². The molecule has 7 nitrogen and oxygen atoms in total. The molecule has 1 amide bonds. The summed E-state index contributed by atoms with van der Waals surface area (Å²) in [5.41, 5.74) is 7.10. The molecule has 7 heteroatoms. The van der Waals surface area contributed by atoms with Gasteiger partial charge in [-0.15, -0.1) is 0 Å². The van der Waals surface area contributed by atoms with Crippen molar-refractivity contribution in [1.29, 1.82) is 5.26 Å². The lowest BCUT2D eigenvalue weighted by molar-refractivity contribution is 0.0907. The lowest BCUT2D eigenvalue weighted by atomic mass is 9.95. The third kappa shape index (κ3) is 4.06. The van der Waals surface area contributed by atoms with Crippen molar-refractivity contribution in [2.24, 2.45) is 5.41 Å². The molecule has 0 radical (unpaired) electrons. The Bertz CT molecular complexity index is 779. The lowest BCUT2D eigenvalue weighted by Gasteiger charge is -2.21. The van der Waals surface area contributed by atoms with Crippen LogP contribution in [0.4, 0.5) is 5.82 Å². The summed E-state index contributed by atoms with van der Waals surface area (Å²) in [6.45, 7) is 3.88. The van der Waals surface area contributed by atoms with Gasteiger partial charge < -0.3 is 16.2 Å². The molecule has 0 aliphatic carbocycles. The number of amides is 1. The maximum Gasteiger partial charge on any atom is 0.273 e. The average Bonchev–Trinajstić information content (AvgIpc) is 2.60. The zero-order valence-corrected chi connectivity index (χ0v) is 13.6. The fraction of sp³-hybridized carbons (Fsp3) is 0.294. The molecule has 0 fully saturated rings. The largest absolute Gasteiger partial charge is 0.396 e. The molecule has 0 aliphatic heterocycles. The topological polar surface area (TPSA) is 125 Å². The molecule has 0 unspecified atom stereocenters. The molecule has 2 rings (SSSR count). The Hall–Kier alpha value is -2.98. The zero-order chi connectivity index (χ0) is 17.7. The van der Waals surface area contributed by atoms with E-state index in [-0.39, 0.29) is 24.7 Å². The van der Waals surface area contributed by atoms with Gasteiger partial charge in [-0.05, 0) is 12.1 Å². The summed E-state index contributed by atoms with van der Waals surface area (Å²) in [6, 6.07) is 8.83. The Morgan fingerprint density at radius 1 is 1.38 bits per heavy atom. The average molecular weight is 325 g/mol. The van der Waals surface area contributed by atoms with Crippen molar-refractivity contribution in [2.75, 3.05) is 18.9 Å². The minimum Gasteiger partial charge on any atom is -0.396 e.